The molecule has 0 saturated carbocycles. The molecule has 0 saturated heterocycles. The average Bonchev–Trinajstić information content (AvgIpc) is 2.59. The van der Waals surface area contributed by atoms with Crippen LogP contribution in [0.3, 0.4) is 0 Å². The van der Waals surface area contributed by atoms with Gasteiger partial charge in [0.2, 0.25) is 11.8 Å². The molecule has 25 heavy (non-hydrogen) atoms. The summed E-state index contributed by atoms with van der Waals surface area (Å²) in [6.07, 6.45) is 2.33. The summed E-state index contributed by atoms with van der Waals surface area (Å²) in [7, 11) is 0. The number of carbonyl (C=O) groups excluding carboxylic acids is 2. The summed E-state index contributed by atoms with van der Waals surface area (Å²) in [4.78, 5) is 25.1. The lowest BCUT2D eigenvalue weighted by atomic mass is 10.1. The van der Waals surface area contributed by atoms with Gasteiger partial charge in [-0.15, -0.1) is 11.8 Å². The van der Waals surface area contributed by atoms with Gasteiger partial charge in [-0.1, -0.05) is 6.07 Å². The Bertz CT molecular complexity index is 634. The Kier molecular flexibility index (Phi) is 7.66. The molecule has 136 valence electrons. The number of nitrogens with one attached hydrogen (secondary N) is 1. The van der Waals surface area contributed by atoms with Crippen molar-refractivity contribution < 1.29 is 19.1 Å². The predicted octanol–water partition coefficient (Wildman–Crippen LogP) is 2.19. The summed E-state index contributed by atoms with van der Waals surface area (Å²) in [5.74, 6) is 1.62. The zero-order valence-corrected chi connectivity index (χ0v) is 15.4. The maximum atomic E-state index is 12.0. The van der Waals surface area contributed by atoms with Crippen molar-refractivity contribution in [3.05, 3.63) is 35.4 Å². The third kappa shape index (κ3) is 6.01. The third-order valence-electron chi connectivity index (χ3n) is 3.52. The highest BCUT2D eigenvalue weighted by Crippen LogP contribution is 2.28. The number of ether oxygens (including phenoxy) is 2. The van der Waals surface area contributed by atoms with E-state index in [1.54, 1.807) is 6.20 Å². The summed E-state index contributed by atoms with van der Waals surface area (Å²) < 4.78 is 11.1. The molecule has 7 heteroatoms. The first kappa shape index (κ1) is 19.2. The SMILES string of the molecule is CCOc1ccc(CCNC(=O)CN2C=CSCC2=O)cc1OCC. The van der Waals surface area contributed by atoms with E-state index >= 15 is 0 Å². The van der Waals surface area contributed by atoms with Crippen LogP contribution in [0.5, 0.6) is 11.5 Å². The molecule has 1 aliphatic heterocycles. The number of hydrogen-bond acceptors (Lipinski definition) is 5. The smallest absolute Gasteiger partial charge is 0.240 e. The van der Waals surface area contributed by atoms with Crippen molar-refractivity contribution in [1.29, 1.82) is 0 Å². The molecule has 0 unspecified atom stereocenters. The van der Waals surface area contributed by atoms with E-state index in [2.05, 4.69) is 5.32 Å². The van der Waals surface area contributed by atoms with E-state index in [0.29, 0.717) is 31.9 Å². The van der Waals surface area contributed by atoms with Crippen molar-refractivity contribution in [1.82, 2.24) is 10.2 Å². The van der Waals surface area contributed by atoms with Gasteiger partial charge < -0.3 is 19.7 Å². The first-order chi connectivity index (χ1) is 12.1. The Morgan fingerprint density at radius 3 is 2.72 bits per heavy atom. The number of nitrogens with zero attached hydrogens (tertiary/aromatic N) is 1. The zero-order chi connectivity index (χ0) is 18.1. The van der Waals surface area contributed by atoms with Crippen molar-refractivity contribution in [3.63, 3.8) is 0 Å². The number of amides is 2. The molecule has 1 aromatic rings. The van der Waals surface area contributed by atoms with Crippen LogP contribution < -0.4 is 14.8 Å². The van der Waals surface area contributed by atoms with Crippen LogP contribution in [0.4, 0.5) is 0 Å². The van der Waals surface area contributed by atoms with Crippen molar-refractivity contribution in [3.8, 4) is 11.5 Å². The molecule has 1 heterocycles. The van der Waals surface area contributed by atoms with Gasteiger partial charge in [0, 0.05) is 12.7 Å². The molecule has 0 fully saturated rings. The van der Waals surface area contributed by atoms with Crippen LogP contribution in [-0.2, 0) is 16.0 Å². The van der Waals surface area contributed by atoms with E-state index in [0.717, 1.165) is 17.1 Å². The highest BCUT2D eigenvalue weighted by atomic mass is 32.2. The maximum Gasteiger partial charge on any atom is 0.240 e. The van der Waals surface area contributed by atoms with Crippen LogP contribution in [0.2, 0.25) is 0 Å². The molecule has 0 spiro atoms. The molecule has 0 atom stereocenters. The molecular weight excluding hydrogens is 340 g/mol. The molecule has 1 aromatic carbocycles. The quantitative estimate of drug-likeness (QED) is 0.727. The first-order valence-electron chi connectivity index (χ1n) is 8.37. The fraction of sp³-hybridized carbons (Fsp3) is 0.444. The average molecular weight is 364 g/mol. The van der Waals surface area contributed by atoms with Crippen LogP contribution in [0, 0.1) is 0 Å². The van der Waals surface area contributed by atoms with Crippen LogP contribution >= 0.6 is 11.8 Å². The summed E-state index contributed by atoms with van der Waals surface area (Å²) in [6, 6.07) is 5.79. The Labute approximate surface area is 152 Å². The Morgan fingerprint density at radius 1 is 1.24 bits per heavy atom. The van der Waals surface area contributed by atoms with Crippen molar-refractivity contribution in [2.24, 2.45) is 0 Å². The second-order valence-corrected chi connectivity index (χ2v) is 6.26. The summed E-state index contributed by atoms with van der Waals surface area (Å²) in [6.45, 7) is 5.56. The number of benzene rings is 1. The second kappa shape index (κ2) is 9.98. The van der Waals surface area contributed by atoms with Crippen molar-refractivity contribution in [2.75, 3.05) is 32.1 Å². The lowest BCUT2D eigenvalue weighted by Gasteiger charge is -2.20. The minimum Gasteiger partial charge on any atom is -0.490 e. The standard InChI is InChI=1S/C18H24N2O4S/c1-3-23-15-6-5-14(11-16(15)24-4-2)7-8-19-17(21)12-20-9-10-25-13-18(20)22/h5-6,9-11H,3-4,7-8,12-13H2,1-2H3,(H,19,21). The molecule has 0 bridgehead atoms. The van der Waals surface area contributed by atoms with E-state index in [1.807, 2.05) is 37.5 Å². The molecule has 2 rings (SSSR count). The molecule has 1 N–H and O–H groups in total. The van der Waals surface area contributed by atoms with Gasteiger partial charge in [-0.2, -0.15) is 0 Å². The van der Waals surface area contributed by atoms with E-state index in [-0.39, 0.29) is 18.4 Å². The maximum absolute atomic E-state index is 12.0. The summed E-state index contributed by atoms with van der Waals surface area (Å²) >= 11 is 1.43. The fourth-order valence-electron chi connectivity index (χ4n) is 2.35. The van der Waals surface area contributed by atoms with Gasteiger partial charge in [0.25, 0.3) is 0 Å². The number of hydrogen-bond donors (Lipinski definition) is 1. The number of thioether (sulfide) groups is 1. The van der Waals surface area contributed by atoms with Gasteiger partial charge in [0.1, 0.15) is 6.54 Å². The highest BCUT2D eigenvalue weighted by molar-refractivity contribution is 8.02. The van der Waals surface area contributed by atoms with Gasteiger partial charge in [0.05, 0.1) is 19.0 Å². The third-order valence-corrected chi connectivity index (χ3v) is 4.25. The van der Waals surface area contributed by atoms with Crippen LogP contribution in [-0.4, -0.2) is 48.8 Å². The molecular formula is C18H24N2O4S. The van der Waals surface area contributed by atoms with Crippen molar-refractivity contribution in [2.45, 2.75) is 20.3 Å². The van der Waals surface area contributed by atoms with E-state index in [9.17, 15) is 9.59 Å². The lowest BCUT2D eigenvalue weighted by Crippen LogP contribution is -2.39. The van der Waals surface area contributed by atoms with Crippen LogP contribution in [0.15, 0.2) is 29.8 Å². The van der Waals surface area contributed by atoms with E-state index in [1.165, 1.54) is 16.7 Å². The Balaban J connectivity index is 1.83. The van der Waals surface area contributed by atoms with Crippen LogP contribution in [0.1, 0.15) is 19.4 Å². The minimum absolute atomic E-state index is 0.0458. The Morgan fingerprint density at radius 2 is 2.00 bits per heavy atom. The molecule has 2 amide bonds. The summed E-state index contributed by atoms with van der Waals surface area (Å²) in [5.41, 5.74) is 1.05. The molecule has 6 nitrogen and oxygen atoms in total. The summed E-state index contributed by atoms with van der Waals surface area (Å²) in [5, 5.41) is 4.67. The van der Waals surface area contributed by atoms with Gasteiger partial charge in [-0.3, -0.25) is 9.59 Å². The molecule has 0 aromatic heterocycles. The topological polar surface area (TPSA) is 67.9 Å². The predicted molar refractivity (Wildman–Crippen MR) is 98.8 cm³/mol. The molecule has 0 radical (unpaired) electrons. The minimum atomic E-state index is -0.166. The van der Waals surface area contributed by atoms with Crippen LogP contribution in [0.25, 0.3) is 0 Å². The normalized spacial score (nSPS) is 13.7. The lowest BCUT2D eigenvalue weighted by molar-refractivity contribution is -0.131. The largest absolute Gasteiger partial charge is 0.490 e. The van der Waals surface area contributed by atoms with Gasteiger partial charge in [0.15, 0.2) is 11.5 Å². The van der Waals surface area contributed by atoms with Gasteiger partial charge >= 0.3 is 0 Å². The molecule has 0 aliphatic carbocycles. The fourth-order valence-corrected chi connectivity index (χ4v) is 2.99. The monoisotopic (exact) mass is 364 g/mol. The zero-order valence-electron chi connectivity index (χ0n) is 14.6. The van der Waals surface area contributed by atoms with E-state index in [4.69, 9.17) is 9.47 Å². The Hall–Kier alpha value is -2.15. The van der Waals surface area contributed by atoms with Gasteiger partial charge in [-0.05, 0) is 43.4 Å². The van der Waals surface area contributed by atoms with Crippen molar-refractivity contribution >= 4 is 23.6 Å². The van der Waals surface area contributed by atoms with Gasteiger partial charge in [-0.25, -0.2) is 0 Å². The molecule has 1 aliphatic rings. The highest BCUT2D eigenvalue weighted by Gasteiger charge is 2.17. The van der Waals surface area contributed by atoms with E-state index < -0.39 is 0 Å². The second-order valence-electron chi connectivity index (χ2n) is 5.36. The number of rotatable bonds is 9. The number of carbonyl (C=O) groups is 2. The first-order valence-corrected chi connectivity index (χ1v) is 9.41.